The van der Waals surface area contributed by atoms with Gasteiger partial charge in [-0.1, -0.05) is 26.0 Å². The van der Waals surface area contributed by atoms with Crippen molar-refractivity contribution in [3.8, 4) is 0 Å². The average Bonchev–Trinajstić information content (AvgIpc) is 3.18. The van der Waals surface area contributed by atoms with E-state index in [-0.39, 0.29) is 11.8 Å². The number of hydrogen-bond acceptors (Lipinski definition) is 5. The zero-order valence-electron chi connectivity index (χ0n) is 13.9. The highest BCUT2D eigenvalue weighted by Gasteiger charge is 2.19. The van der Waals surface area contributed by atoms with Crippen LogP contribution in [0.5, 0.6) is 0 Å². The Labute approximate surface area is 144 Å². The van der Waals surface area contributed by atoms with Gasteiger partial charge < -0.3 is 5.32 Å². The molecule has 24 heavy (non-hydrogen) atoms. The highest BCUT2D eigenvalue weighted by Crippen LogP contribution is 2.25. The molecule has 3 rings (SSSR count). The second kappa shape index (κ2) is 6.92. The van der Waals surface area contributed by atoms with Crippen LogP contribution in [0, 0.1) is 6.92 Å². The monoisotopic (exact) mass is 341 g/mol. The number of anilines is 1. The predicted octanol–water partition coefficient (Wildman–Crippen LogP) is 3.47. The van der Waals surface area contributed by atoms with Crippen LogP contribution in [0.3, 0.4) is 0 Å². The van der Waals surface area contributed by atoms with Crippen LogP contribution in [-0.2, 0) is 6.54 Å². The second-order valence-corrected chi connectivity index (χ2v) is 7.05. The normalized spacial score (nSPS) is 11.0. The molecule has 1 aromatic carbocycles. The quantitative estimate of drug-likeness (QED) is 0.771. The van der Waals surface area contributed by atoms with Crippen LogP contribution in [0.25, 0.3) is 0 Å². The Morgan fingerprint density at radius 3 is 2.67 bits per heavy atom. The van der Waals surface area contributed by atoms with Crippen LogP contribution in [0.4, 0.5) is 5.69 Å². The van der Waals surface area contributed by atoms with E-state index in [1.54, 1.807) is 11.0 Å². The fraction of sp³-hybridized carbons (Fsp3) is 0.294. The topological polar surface area (TPSA) is 72.7 Å². The molecule has 0 atom stereocenters. The number of aromatic nitrogens is 4. The lowest BCUT2D eigenvalue weighted by Crippen LogP contribution is -2.13. The summed E-state index contributed by atoms with van der Waals surface area (Å²) in [5.41, 5.74) is 2.72. The van der Waals surface area contributed by atoms with E-state index in [1.807, 2.05) is 45.0 Å². The largest absolute Gasteiger partial charge is 0.321 e. The number of benzene rings is 1. The minimum Gasteiger partial charge on any atom is -0.321 e. The Kier molecular flexibility index (Phi) is 4.71. The highest BCUT2D eigenvalue weighted by atomic mass is 32.1. The minimum atomic E-state index is -0.103. The summed E-state index contributed by atoms with van der Waals surface area (Å²) in [6.07, 6.45) is 3.19. The van der Waals surface area contributed by atoms with Crippen LogP contribution < -0.4 is 5.32 Å². The number of nitrogens with one attached hydrogen (secondary N) is 1. The molecule has 3 aromatic rings. The van der Waals surface area contributed by atoms with Gasteiger partial charge in [-0.3, -0.25) is 4.79 Å². The molecule has 6 nitrogen and oxygen atoms in total. The Bertz CT molecular complexity index is 821. The van der Waals surface area contributed by atoms with Crippen molar-refractivity contribution in [2.45, 2.75) is 33.2 Å². The van der Waals surface area contributed by atoms with Gasteiger partial charge in [0.2, 0.25) is 0 Å². The molecule has 2 heterocycles. The molecule has 0 saturated carbocycles. The first-order valence-electron chi connectivity index (χ1n) is 7.73. The van der Waals surface area contributed by atoms with Gasteiger partial charge in [-0.05, 0) is 30.5 Å². The molecule has 0 unspecified atom stereocenters. The van der Waals surface area contributed by atoms with Crippen molar-refractivity contribution in [3.05, 3.63) is 58.1 Å². The third-order valence-corrected chi connectivity index (χ3v) is 4.52. The van der Waals surface area contributed by atoms with Crippen LogP contribution in [0.2, 0.25) is 0 Å². The number of carbonyl (C=O) groups is 1. The van der Waals surface area contributed by atoms with Crippen LogP contribution >= 0.6 is 11.3 Å². The smallest absolute Gasteiger partial charge is 0.267 e. The first-order chi connectivity index (χ1) is 11.5. The number of carbonyl (C=O) groups excluding carboxylic acids is 1. The zero-order valence-corrected chi connectivity index (χ0v) is 14.7. The minimum absolute atomic E-state index is 0.103. The Morgan fingerprint density at radius 2 is 2.04 bits per heavy atom. The Hall–Kier alpha value is -2.54. The fourth-order valence-corrected chi connectivity index (χ4v) is 3.35. The van der Waals surface area contributed by atoms with E-state index in [4.69, 9.17) is 0 Å². The summed E-state index contributed by atoms with van der Waals surface area (Å²) in [4.78, 5) is 21.6. The van der Waals surface area contributed by atoms with Crippen molar-refractivity contribution >= 4 is 22.9 Å². The van der Waals surface area contributed by atoms with Gasteiger partial charge in [0.05, 0.1) is 17.2 Å². The van der Waals surface area contributed by atoms with E-state index in [1.165, 1.54) is 17.7 Å². The second-order valence-electron chi connectivity index (χ2n) is 5.85. The summed E-state index contributed by atoms with van der Waals surface area (Å²) in [6, 6.07) is 7.73. The van der Waals surface area contributed by atoms with Gasteiger partial charge in [0.25, 0.3) is 5.91 Å². The predicted molar refractivity (Wildman–Crippen MR) is 94.5 cm³/mol. The lowest BCUT2D eigenvalue weighted by atomic mass is 10.1. The standard InChI is InChI=1S/C17H19N5OS/c1-11(2)15-16(24-12(3)20-15)17(23)21-14-6-4-13(5-7-14)8-22-10-18-9-19-22/h4-7,9-11H,8H2,1-3H3,(H,21,23). The summed E-state index contributed by atoms with van der Waals surface area (Å²) in [6.45, 7) is 6.67. The summed E-state index contributed by atoms with van der Waals surface area (Å²) in [5, 5.41) is 7.94. The summed E-state index contributed by atoms with van der Waals surface area (Å²) < 4.78 is 1.75. The third-order valence-electron chi connectivity index (χ3n) is 3.54. The van der Waals surface area contributed by atoms with Gasteiger partial charge >= 0.3 is 0 Å². The number of rotatable bonds is 5. The Balaban J connectivity index is 1.71. The lowest BCUT2D eigenvalue weighted by molar-refractivity contribution is 0.102. The number of hydrogen-bond donors (Lipinski definition) is 1. The molecule has 1 N–H and O–H groups in total. The molecule has 0 aliphatic rings. The summed E-state index contributed by atoms with van der Waals surface area (Å²) in [7, 11) is 0. The van der Waals surface area contributed by atoms with E-state index >= 15 is 0 Å². The molecule has 0 radical (unpaired) electrons. The maximum absolute atomic E-state index is 12.5. The zero-order chi connectivity index (χ0) is 17.1. The van der Waals surface area contributed by atoms with Gasteiger partial charge in [0.1, 0.15) is 17.5 Å². The summed E-state index contributed by atoms with van der Waals surface area (Å²) in [5.74, 6) is 0.120. The van der Waals surface area contributed by atoms with Crippen molar-refractivity contribution in [1.82, 2.24) is 19.7 Å². The number of amides is 1. The molecular formula is C17H19N5OS. The SMILES string of the molecule is Cc1nc(C(C)C)c(C(=O)Nc2ccc(Cn3cncn3)cc2)s1. The third kappa shape index (κ3) is 3.68. The molecule has 124 valence electrons. The van der Waals surface area contributed by atoms with E-state index < -0.39 is 0 Å². The Morgan fingerprint density at radius 1 is 1.29 bits per heavy atom. The van der Waals surface area contributed by atoms with Crippen LogP contribution in [0.1, 0.15) is 45.7 Å². The van der Waals surface area contributed by atoms with Crippen LogP contribution in [0.15, 0.2) is 36.9 Å². The van der Waals surface area contributed by atoms with Gasteiger partial charge in [0, 0.05) is 5.69 Å². The fourth-order valence-electron chi connectivity index (χ4n) is 2.38. The van der Waals surface area contributed by atoms with Crippen molar-refractivity contribution in [2.24, 2.45) is 0 Å². The van der Waals surface area contributed by atoms with Crippen molar-refractivity contribution in [2.75, 3.05) is 5.32 Å². The molecule has 0 bridgehead atoms. The maximum Gasteiger partial charge on any atom is 0.267 e. The molecule has 0 aliphatic carbocycles. The first-order valence-corrected chi connectivity index (χ1v) is 8.54. The maximum atomic E-state index is 12.5. The van der Waals surface area contributed by atoms with Gasteiger partial charge in [-0.25, -0.2) is 14.6 Å². The van der Waals surface area contributed by atoms with E-state index in [0.29, 0.717) is 11.4 Å². The molecule has 0 fully saturated rings. The molecule has 1 amide bonds. The van der Waals surface area contributed by atoms with Gasteiger partial charge in [-0.2, -0.15) is 5.10 Å². The number of aryl methyl sites for hydroxylation is 1. The van der Waals surface area contributed by atoms with Gasteiger partial charge in [-0.15, -0.1) is 11.3 Å². The van der Waals surface area contributed by atoms with Gasteiger partial charge in [0.15, 0.2) is 0 Å². The van der Waals surface area contributed by atoms with Crippen LogP contribution in [-0.4, -0.2) is 25.7 Å². The van der Waals surface area contributed by atoms with Crippen molar-refractivity contribution in [3.63, 3.8) is 0 Å². The van der Waals surface area contributed by atoms with E-state index in [0.717, 1.165) is 22.0 Å². The number of thiazole rings is 1. The molecular weight excluding hydrogens is 322 g/mol. The molecule has 0 saturated heterocycles. The van der Waals surface area contributed by atoms with Crippen molar-refractivity contribution in [1.29, 1.82) is 0 Å². The highest BCUT2D eigenvalue weighted by molar-refractivity contribution is 7.13. The molecule has 2 aromatic heterocycles. The first kappa shape index (κ1) is 16.3. The van der Waals surface area contributed by atoms with Crippen molar-refractivity contribution < 1.29 is 4.79 Å². The van der Waals surface area contributed by atoms with E-state index in [9.17, 15) is 4.79 Å². The molecule has 0 spiro atoms. The molecule has 7 heteroatoms. The lowest BCUT2D eigenvalue weighted by Gasteiger charge is -2.08. The summed E-state index contributed by atoms with van der Waals surface area (Å²) >= 11 is 1.43. The number of nitrogens with zero attached hydrogens (tertiary/aromatic N) is 4. The molecule has 0 aliphatic heterocycles. The average molecular weight is 341 g/mol. The van der Waals surface area contributed by atoms with E-state index in [2.05, 4.69) is 20.4 Å².